The van der Waals surface area contributed by atoms with Gasteiger partial charge in [-0.3, -0.25) is 14.6 Å². The minimum Gasteiger partial charge on any atom is -0.397 e. The third kappa shape index (κ3) is 6.42. The molecule has 2 amide bonds. The van der Waals surface area contributed by atoms with Crippen molar-refractivity contribution >= 4 is 34.6 Å². The number of carbonyl (C=O) groups excluding carboxylic acids is 2. The molecule has 2 unspecified atom stereocenters. The maximum Gasteiger partial charge on any atom is 0.247 e. The normalized spacial score (nSPS) is 23.1. The Morgan fingerprint density at radius 1 is 1.14 bits per heavy atom. The number of allylic oxidation sites excluding steroid dienone is 5. The number of rotatable bonds is 6. The number of aliphatic imine (C=N–C) groups is 1. The minimum atomic E-state index is -0.0399. The Morgan fingerprint density at radius 2 is 1.92 bits per heavy atom. The van der Waals surface area contributed by atoms with E-state index in [9.17, 15) is 9.59 Å². The highest BCUT2D eigenvalue weighted by molar-refractivity contribution is 6.04. The molecule has 1 aromatic rings. The topological polar surface area (TPSA) is 96.6 Å². The van der Waals surface area contributed by atoms with Gasteiger partial charge in [0.25, 0.3) is 0 Å². The van der Waals surface area contributed by atoms with Crippen LogP contribution in [0.25, 0.3) is 0 Å². The van der Waals surface area contributed by atoms with Crippen molar-refractivity contribution in [2.75, 3.05) is 11.1 Å². The lowest BCUT2D eigenvalue weighted by molar-refractivity contribution is -0.120. The lowest BCUT2D eigenvalue weighted by atomic mass is 9.84. The number of amides is 2. The summed E-state index contributed by atoms with van der Waals surface area (Å²) in [5.74, 6) is 0.717. The predicted molar refractivity (Wildman–Crippen MR) is 148 cm³/mol. The molecular weight excluding hydrogens is 448 g/mol. The van der Waals surface area contributed by atoms with Gasteiger partial charge in [-0.1, -0.05) is 56.2 Å². The number of anilines is 2. The molecule has 1 aromatic carbocycles. The zero-order valence-electron chi connectivity index (χ0n) is 21.5. The van der Waals surface area contributed by atoms with Crippen LogP contribution >= 0.6 is 0 Å². The van der Waals surface area contributed by atoms with Crippen molar-refractivity contribution in [3.05, 3.63) is 65.8 Å². The Balaban J connectivity index is 1.46. The van der Waals surface area contributed by atoms with Crippen molar-refractivity contribution in [2.45, 2.75) is 71.3 Å². The van der Waals surface area contributed by atoms with Crippen molar-refractivity contribution in [3.8, 4) is 0 Å². The molecular formula is C30H38N4O2. The van der Waals surface area contributed by atoms with Crippen LogP contribution < -0.4 is 16.4 Å². The van der Waals surface area contributed by atoms with Gasteiger partial charge >= 0.3 is 0 Å². The number of nitrogen functional groups attached to an aromatic ring is 1. The predicted octanol–water partition coefficient (Wildman–Crippen LogP) is 6.16. The standard InChI is InChI=1S/C30H38N4O2/c1-19-11-12-20(2)27(17-19)34-30(36)24-10-6-9-22(13-14-24)21(3)32-28-18-25(15-16-26(28)31)33-29(35)23-7-4-5-8-23/h6,9,13-16,18-19,23,27H,2,4-5,7-8,10-12,17,31H2,1,3H3,(H,33,35)(H,34,36). The summed E-state index contributed by atoms with van der Waals surface area (Å²) >= 11 is 0. The fraction of sp³-hybridized carbons (Fsp3) is 0.433. The smallest absolute Gasteiger partial charge is 0.247 e. The van der Waals surface area contributed by atoms with Gasteiger partial charge in [0.2, 0.25) is 11.8 Å². The van der Waals surface area contributed by atoms with Crippen LogP contribution in [-0.2, 0) is 9.59 Å². The number of hydrogen-bond donors (Lipinski definition) is 3. The zero-order valence-corrected chi connectivity index (χ0v) is 21.5. The van der Waals surface area contributed by atoms with Gasteiger partial charge in [0.1, 0.15) is 0 Å². The van der Waals surface area contributed by atoms with E-state index in [1.165, 1.54) is 0 Å². The molecule has 3 aliphatic carbocycles. The Bertz CT molecular complexity index is 1150. The maximum atomic E-state index is 12.9. The summed E-state index contributed by atoms with van der Waals surface area (Å²) in [6, 6.07) is 5.46. The summed E-state index contributed by atoms with van der Waals surface area (Å²) in [6.07, 6.45) is 15.5. The summed E-state index contributed by atoms with van der Waals surface area (Å²) in [7, 11) is 0. The summed E-state index contributed by atoms with van der Waals surface area (Å²) in [4.78, 5) is 30.2. The highest BCUT2D eigenvalue weighted by Gasteiger charge is 2.25. The van der Waals surface area contributed by atoms with E-state index in [0.29, 0.717) is 29.4 Å². The number of carbonyl (C=O) groups is 2. The first kappa shape index (κ1) is 25.7. The first-order chi connectivity index (χ1) is 17.3. The van der Waals surface area contributed by atoms with Crippen LogP contribution in [0.15, 0.2) is 70.8 Å². The molecule has 0 aliphatic heterocycles. The van der Waals surface area contributed by atoms with Gasteiger partial charge in [-0.25, -0.2) is 0 Å². The van der Waals surface area contributed by atoms with E-state index in [-0.39, 0.29) is 23.8 Å². The molecule has 6 heteroatoms. The molecule has 4 rings (SSSR count). The summed E-state index contributed by atoms with van der Waals surface area (Å²) < 4.78 is 0. The number of nitrogens with zero attached hydrogens (tertiary/aromatic N) is 1. The molecule has 0 bridgehead atoms. The van der Waals surface area contributed by atoms with Crippen molar-refractivity contribution < 1.29 is 9.59 Å². The van der Waals surface area contributed by atoms with Crippen LogP contribution in [0.5, 0.6) is 0 Å². The van der Waals surface area contributed by atoms with Crippen molar-refractivity contribution in [1.29, 1.82) is 0 Å². The lowest BCUT2D eigenvalue weighted by Gasteiger charge is -2.30. The van der Waals surface area contributed by atoms with Gasteiger partial charge in [-0.05, 0) is 75.1 Å². The number of nitrogens with one attached hydrogen (secondary N) is 2. The molecule has 0 spiro atoms. The van der Waals surface area contributed by atoms with Crippen LogP contribution in [-0.4, -0.2) is 23.6 Å². The van der Waals surface area contributed by atoms with E-state index < -0.39 is 0 Å². The molecule has 36 heavy (non-hydrogen) atoms. The molecule has 2 saturated carbocycles. The van der Waals surface area contributed by atoms with Crippen molar-refractivity contribution in [2.24, 2.45) is 16.8 Å². The van der Waals surface area contributed by atoms with Crippen molar-refractivity contribution in [1.82, 2.24) is 5.32 Å². The lowest BCUT2D eigenvalue weighted by Crippen LogP contribution is -2.40. The summed E-state index contributed by atoms with van der Waals surface area (Å²) in [5, 5.41) is 6.20. The van der Waals surface area contributed by atoms with E-state index in [4.69, 9.17) is 10.7 Å². The molecule has 0 aromatic heterocycles. The number of nitrogens with two attached hydrogens (primary N) is 1. The van der Waals surface area contributed by atoms with E-state index in [0.717, 1.165) is 67.4 Å². The quantitative estimate of drug-likeness (QED) is 0.255. The van der Waals surface area contributed by atoms with Crippen LogP contribution in [0.1, 0.15) is 65.2 Å². The molecule has 4 N–H and O–H groups in total. The molecule has 3 aliphatic rings. The zero-order chi connectivity index (χ0) is 25.7. The van der Waals surface area contributed by atoms with Crippen LogP contribution in [0.2, 0.25) is 0 Å². The maximum absolute atomic E-state index is 12.9. The third-order valence-electron chi connectivity index (χ3n) is 7.52. The molecule has 190 valence electrons. The molecule has 2 atom stereocenters. The van der Waals surface area contributed by atoms with Gasteiger partial charge in [-0.2, -0.15) is 0 Å². The Hall–Kier alpha value is -3.41. The van der Waals surface area contributed by atoms with Crippen LogP contribution in [0.4, 0.5) is 17.1 Å². The van der Waals surface area contributed by atoms with Crippen LogP contribution in [0, 0.1) is 11.8 Å². The highest BCUT2D eigenvalue weighted by Crippen LogP contribution is 2.30. The number of benzene rings is 1. The third-order valence-corrected chi connectivity index (χ3v) is 7.52. The molecule has 2 fully saturated rings. The molecule has 0 heterocycles. The van der Waals surface area contributed by atoms with E-state index in [1.54, 1.807) is 6.07 Å². The summed E-state index contributed by atoms with van der Waals surface area (Å²) in [6.45, 7) is 8.31. The first-order valence-corrected chi connectivity index (χ1v) is 13.1. The van der Waals surface area contributed by atoms with Gasteiger partial charge < -0.3 is 16.4 Å². The Morgan fingerprint density at radius 3 is 2.69 bits per heavy atom. The monoisotopic (exact) mass is 486 g/mol. The molecule has 0 radical (unpaired) electrons. The second-order valence-electron chi connectivity index (χ2n) is 10.4. The second-order valence-corrected chi connectivity index (χ2v) is 10.4. The average molecular weight is 487 g/mol. The summed E-state index contributed by atoms with van der Waals surface area (Å²) in [5.41, 5.74) is 11.6. The first-order valence-electron chi connectivity index (χ1n) is 13.1. The molecule has 0 saturated heterocycles. The van der Waals surface area contributed by atoms with E-state index in [1.807, 2.05) is 43.4 Å². The highest BCUT2D eigenvalue weighted by atomic mass is 16.2. The second kappa shape index (κ2) is 11.5. The van der Waals surface area contributed by atoms with Gasteiger partial charge in [0, 0.05) is 22.9 Å². The average Bonchev–Trinajstić information content (AvgIpc) is 3.28. The SMILES string of the molecule is C=C1CCC(C)CC1NC(=O)C1=CC=C(C(C)=Nc2cc(NC(=O)C3CCCC3)ccc2N)C=CC1. The Kier molecular flexibility index (Phi) is 8.24. The largest absolute Gasteiger partial charge is 0.397 e. The van der Waals surface area contributed by atoms with Crippen LogP contribution in [0.3, 0.4) is 0 Å². The van der Waals surface area contributed by atoms with Crippen molar-refractivity contribution in [3.63, 3.8) is 0 Å². The fourth-order valence-electron chi connectivity index (χ4n) is 5.14. The minimum absolute atomic E-state index is 0.0399. The molecule has 6 nitrogen and oxygen atoms in total. The number of hydrogen-bond acceptors (Lipinski definition) is 4. The van der Waals surface area contributed by atoms with Gasteiger partial charge in [0.05, 0.1) is 17.4 Å². The fourth-order valence-corrected chi connectivity index (χ4v) is 5.14. The van der Waals surface area contributed by atoms with Gasteiger partial charge in [0.15, 0.2) is 0 Å². The van der Waals surface area contributed by atoms with E-state index >= 15 is 0 Å². The Labute approximate surface area is 214 Å². The van der Waals surface area contributed by atoms with Gasteiger partial charge in [-0.15, -0.1) is 0 Å². The van der Waals surface area contributed by atoms with E-state index in [2.05, 4.69) is 24.1 Å².